The van der Waals surface area contributed by atoms with E-state index >= 15 is 0 Å². The number of methoxy groups -OCH3 is 1. The second-order valence-corrected chi connectivity index (χ2v) is 7.00. The average molecular weight is 301 g/mol. The van der Waals surface area contributed by atoms with Crippen LogP contribution in [0.2, 0.25) is 0 Å². The predicted octanol–water partition coefficient (Wildman–Crippen LogP) is 3.71. The number of carbonyl (C=O) groups is 1. The van der Waals surface area contributed by atoms with Crippen LogP contribution in [0.4, 0.5) is 0 Å². The largest absolute Gasteiger partial charge is 0.497 e. The van der Waals surface area contributed by atoms with E-state index in [0.717, 1.165) is 50.3 Å². The highest BCUT2D eigenvalue weighted by Crippen LogP contribution is 2.42. The fourth-order valence-electron chi connectivity index (χ4n) is 3.65. The molecule has 1 aliphatic heterocycles. The number of carbonyl (C=O) groups excluding carboxylic acids is 1. The summed E-state index contributed by atoms with van der Waals surface area (Å²) < 4.78 is 5.34. The lowest BCUT2D eigenvalue weighted by molar-refractivity contribution is -0.131. The van der Waals surface area contributed by atoms with Crippen LogP contribution in [0.5, 0.6) is 5.75 Å². The highest BCUT2D eigenvalue weighted by atomic mass is 16.5. The Morgan fingerprint density at radius 3 is 2.95 bits per heavy atom. The fourth-order valence-corrected chi connectivity index (χ4v) is 3.65. The lowest BCUT2D eigenvalue weighted by Crippen LogP contribution is -2.41. The van der Waals surface area contributed by atoms with Crippen LogP contribution in [-0.4, -0.2) is 19.6 Å². The summed E-state index contributed by atoms with van der Waals surface area (Å²) in [6.45, 7) is 0.835. The van der Waals surface area contributed by atoms with Gasteiger partial charge in [-0.05, 0) is 55.7 Å². The second kappa shape index (κ2) is 6.72. The third-order valence-electron chi connectivity index (χ3n) is 5.25. The first-order valence-electron chi connectivity index (χ1n) is 8.63. The van der Waals surface area contributed by atoms with Gasteiger partial charge in [-0.2, -0.15) is 0 Å². The second-order valence-electron chi connectivity index (χ2n) is 7.00. The van der Waals surface area contributed by atoms with Gasteiger partial charge in [0.1, 0.15) is 5.75 Å². The summed E-state index contributed by atoms with van der Waals surface area (Å²) in [7, 11) is 1.69. The molecule has 120 valence electrons. The lowest BCUT2D eigenvalue weighted by atomic mass is 9.73. The maximum absolute atomic E-state index is 12.8. The van der Waals surface area contributed by atoms with Crippen molar-refractivity contribution in [2.75, 3.05) is 13.7 Å². The van der Waals surface area contributed by atoms with Crippen molar-refractivity contribution < 1.29 is 9.53 Å². The Kier molecular flexibility index (Phi) is 4.70. The van der Waals surface area contributed by atoms with E-state index in [4.69, 9.17) is 4.74 Å². The molecule has 2 fully saturated rings. The zero-order chi connectivity index (χ0) is 15.4. The molecule has 1 aliphatic carbocycles. The minimum Gasteiger partial charge on any atom is -0.497 e. The topological polar surface area (TPSA) is 38.3 Å². The molecule has 0 bridgehead atoms. The van der Waals surface area contributed by atoms with Crippen molar-refractivity contribution in [3.63, 3.8) is 0 Å². The average Bonchev–Trinajstić information content (AvgIpc) is 3.36. The molecular weight excluding hydrogens is 274 g/mol. The van der Waals surface area contributed by atoms with Crippen LogP contribution in [-0.2, 0) is 11.2 Å². The van der Waals surface area contributed by atoms with Gasteiger partial charge in [0.15, 0.2) is 0 Å². The molecule has 0 aromatic heterocycles. The van der Waals surface area contributed by atoms with E-state index in [-0.39, 0.29) is 11.3 Å². The Labute approximate surface area is 133 Å². The molecule has 1 aromatic rings. The molecule has 1 aromatic carbocycles. The number of rotatable bonds is 6. The van der Waals surface area contributed by atoms with Gasteiger partial charge in [-0.3, -0.25) is 4.79 Å². The summed E-state index contributed by atoms with van der Waals surface area (Å²) in [6.07, 6.45) is 9.06. The molecule has 0 spiro atoms. The molecule has 1 amide bonds. The number of amides is 1. The standard InChI is InChI=1S/C19H27NO2/c1-22-17-6-4-5-16(13-17)14-19(11-9-15-7-8-15)10-2-3-12-20-18(19)21/h4-6,13,15H,2-3,7-12,14H2,1H3,(H,20,21). The molecule has 22 heavy (non-hydrogen) atoms. The Morgan fingerprint density at radius 1 is 1.32 bits per heavy atom. The summed E-state index contributed by atoms with van der Waals surface area (Å²) in [5, 5.41) is 3.16. The summed E-state index contributed by atoms with van der Waals surface area (Å²) in [6, 6.07) is 8.20. The first-order chi connectivity index (χ1) is 10.7. The quantitative estimate of drug-likeness (QED) is 0.869. The summed E-state index contributed by atoms with van der Waals surface area (Å²) >= 11 is 0. The molecule has 0 radical (unpaired) electrons. The maximum Gasteiger partial charge on any atom is 0.226 e. The summed E-state index contributed by atoms with van der Waals surface area (Å²) in [5.41, 5.74) is 0.998. The van der Waals surface area contributed by atoms with Crippen molar-refractivity contribution in [3.05, 3.63) is 29.8 Å². The third kappa shape index (κ3) is 3.63. The predicted molar refractivity (Wildman–Crippen MR) is 87.9 cm³/mol. The van der Waals surface area contributed by atoms with Crippen LogP contribution in [0.15, 0.2) is 24.3 Å². The van der Waals surface area contributed by atoms with Crippen LogP contribution < -0.4 is 10.1 Å². The molecule has 3 heteroatoms. The lowest BCUT2D eigenvalue weighted by Gasteiger charge is -2.31. The summed E-state index contributed by atoms with van der Waals surface area (Å²) in [4.78, 5) is 12.8. The van der Waals surface area contributed by atoms with Gasteiger partial charge in [-0.25, -0.2) is 0 Å². The minimum absolute atomic E-state index is 0.217. The Balaban J connectivity index is 1.80. The van der Waals surface area contributed by atoms with Gasteiger partial charge in [-0.1, -0.05) is 31.4 Å². The van der Waals surface area contributed by atoms with E-state index in [2.05, 4.69) is 17.4 Å². The monoisotopic (exact) mass is 301 g/mol. The van der Waals surface area contributed by atoms with Crippen LogP contribution in [0.1, 0.15) is 50.5 Å². The molecule has 1 saturated heterocycles. The van der Waals surface area contributed by atoms with E-state index in [9.17, 15) is 4.79 Å². The fraction of sp³-hybridized carbons (Fsp3) is 0.632. The first kappa shape index (κ1) is 15.4. The molecule has 1 unspecified atom stereocenters. The molecular formula is C19H27NO2. The van der Waals surface area contributed by atoms with Crippen LogP contribution in [0, 0.1) is 11.3 Å². The van der Waals surface area contributed by atoms with E-state index in [1.165, 1.54) is 24.8 Å². The third-order valence-corrected chi connectivity index (χ3v) is 5.25. The Bertz CT molecular complexity index is 524. The molecule has 3 rings (SSSR count). The highest BCUT2D eigenvalue weighted by molar-refractivity contribution is 5.83. The molecule has 2 aliphatic rings. The van der Waals surface area contributed by atoms with Crippen molar-refractivity contribution in [2.45, 2.75) is 51.4 Å². The number of nitrogens with one attached hydrogen (secondary N) is 1. The van der Waals surface area contributed by atoms with Gasteiger partial charge in [0, 0.05) is 6.54 Å². The van der Waals surface area contributed by atoms with Crippen molar-refractivity contribution in [1.82, 2.24) is 5.32 Å². The minimum atomic E-state index is -0.217. The molecule has 1 heterocycles. The van der Waals surface area contributed by atoms with Crippen LogP contribution in [0.3, 0.4) is 0 Å². The molecule has 1 saturated carbocycles. The first-order valence-corrected chi connectivity index (χ1v) is 8.63. The van der Waals surface area contributed by atoms with Crippen LogP contribution >= 0.6 is 0 Å². The van der Waals surface area contributed by atoms with E-state index < -0.39 is 0 Å². The van der Waals surface area contributed by atoms with E-state index in [0.29, 0.717) is 0 Å². The Hall–Kier alpha value is -1.51. The summed E-state index contributed by atoms with van der Waals surface area (Å²) in [5.74, 6) is 2.02. The number of hydrogen-bond donors (Lipinski definition) is 1. The number of ether oxygens (including phenoxy) is 1. The van der Waals surface area contributed by atoms with Crippen LogP contribution in [0.25, 0.3) is 0 Å². The smallest absolute Gasteiger partial charge is 0.226 e. The van der Waals surface area contributed by atoms with Gasteiger partial charge in [-0.15, -0.1) is 0 Å². The maximum atomic E-state index is 12.8. The normalized spacial score (nSPS) is 25.4. The van der Waals surface area contributed by atoms with E-state index in [1.807, 2.05) is 12.1 Å². The van der Waals surface area contributed by atoms with Crippen molar-refractivity contribution in [1.29, 1.82) is 0 Å². The Morgan fingerprint density at radius 2 is 2.18 bits per heavy atom. The van der Waals surface area contributed by atoms with Gasteiger partial charge in [0.05, 0.1) is 12.5 Å². The number of hydrogen-bond acceptors (Lipinski definition) is 2. The zero-order valence-corrected chi connectivity index (χ0v) is 13.6. The highest BCUT2D eigenvalue weighted by Gasteiger charge is 2.40. The SMILES string of the molecule is COc1cccc(CC2(CCC3CC3)CCCCNC2=O)c1. The van der Waals surface area contributed by atoms with Crippen molar-refractivity contribution >= 4 is 5.91 Å². The van der Waals surface area contributed by atoms with Gasteiger partial charge < -0.3 is 10.1 Å². The van der Waals surface area contributed by atoms with Crippen molar-refractivity contribution in [2.24, 2.45) is 11.3 Å². The zero-order valence-electron chi connectivity index (χ0n) is 13.6. The molecule has 1 N–H and O–H groups in total. The molecule has 1 atom stereocenters. The molecule has 3 nitrogen and oxygen atoms in total. The number of benzene rings is 1. The van der Waals surface area contributed by atoms with Gasteiger partial charge >= 0.3 is 0 Å². The van der Waals surface area contributed by atoms with Crippen molar-refractivity contribution in [3.8, 4) is 5.75 Å². The van der Waals surface area contributed by atoms with E-state index in [1.54, 1.807) is 7.11 Å². The van der Waals surface area contributed by atoms with Gasteiger partial charge in [0.2, 0.25) is 5.91 Å². The van der Waals surface area contributed by atoms with Gasteiger partial charge in [0.25, 0.3) is 0 Å².